The van der Waals surface area contributed by atoms with E-state index in [0.717, 1.165) is 5.57 Å². The van der Waals surface area contributed by atoms with Gasteiger partial charge in [-0.3, -0.25) is 0 Å². The Balaban J connectivity index is 4.34. The normalized spacial score (nSPS) is 19.1. The summed E-state index contributed by atoms with van der Waals surface area (Å²) in [6.07, 6.45) is 1.85. The van der Waals surface area contributed by atoms with Gasteiger partial charge in [0, 0.05) is 0 Å². The van der Waals surface area contributed by atoms with Crippen molar-refractivity contribution in [1.82, 2.24) is 0 Å². The van der Waals surface area contributed by atoms with Gasteiger partial charge in [0.1, 0.15) is 0 Å². The summed E-state index contributed by atoms with van der Waals surface area (Å²) in [7, 11) is 0. The zero-order valence-corrected chi connectivity index (χ0v) is 9.18. The highest BCUT2D eigenvalue weighted by Gasteiger charge is 2.18. The number of hydrogen-bond donors (Lipinski definition) is 1. The third kappa shape index (κ3) is 3.91. The van der Waals surface area contributed by atoms with E-state index in [4.69, 9.17) is 0 Å². The lowest BCUT2D eigenvalue weighted by molar-refractivity contribution is 0.227. The Morgan fingerprint density at radius 3 is 1.92 bits per heavy atom. The van der Waals surface area contributed by atoms with Gasteiger partial charge < -0.3 is 5.11 Å². The van der Waals surface area contributed by atoms with E-state index in [9.17, 15) is 5.11 Å². The second kappa shape index (κ2) is 4.08. The highest BCUT2D eigenvalue weighted by Crippen LogP contribution is 2.27. The molecule has 0 aromatic heterocycles. The topological polar surface area (TPSA) is 20.2 Å². The molecular formula is C11H22O. The minimum Gasteiger partial charge on any atom is -0.389 e. The Labute approximate surface area is 76.5 Å². The lowest BCUT2D eigenvalue weighted by Crippen LogP contribution is -2.16. The molecule has 0 saturated carbocycles. The van der Waals surface area contributed by atoms with Crippen molar-refractivity contribution in [2.45, 2.75) is 47.6 Å². The fourth-order valence-corrected chi connectivity index (χ4v) is 0.784. The van der Waals surface area contributed by atoms with Crippen LogP contribution in [0.15, 0.2) is 11.6 Å². The largest absolute Gasteiger partial charge is 0.389 e. The second-order valence-corrected chi connectivity index (χ2v) is 4.74. The molecule has 0 fully saturated rings. The van der Waals surface area contributed by atoms with Gasteiger partial charge in [-0.25, -0.2) is 0 Å². The SMILES string of the molecule is C/C(=C\C(C)C(C)(C)C)C(C)O. The first-order chi connectivity index (χ1) is 5.25. The lowest BCUT2D eigenvalue weighted by Gasteiger charge is -2.25. The number of rotatable bonds is 2. The van der Waals surface area contributed by atoms with Crippen LogP contribution >= 0.6 is 0 Å². The van der Waals surface area contributed by atoms with Crippen LogP contribution in [0.5, 0.6) is 0 Å². The molecule has 72 valence electrons. The van der Waals surface area contributed by atoms with Crippen LogP contribution in [0.25, 0.3) is 0 Å². The van der Waals surface area contributed by atoms with Gasteiger partial charge in [0.2, 0.25) is 0 Å². The first-order valence-corrected chi connectivity index (χ1v) is 4.61. The van der Waals surface area contributed by atoms with E-state index in [-0.39, 0.29) is 11.5 Å². The van der Waals surface area contributed by atoms with Crippen LogP contribution in [0.4, 0.5) is 0 Å². The summed E-state index contributed by atoms with van der Waals surface area (Å²) in [5.41, 5.74) is 1.35. The fraction of sp³-hybridized carbons (Fsp3) is 0.818. The molecule has 0 bridgehead atoms. The van der Waals surface area contributed by atoms with Crippen molar-refractivity contribution in [3.63, 3.8) is 0 Å². The predicted molar refractivity (Wildman–Crippen MR) is 54.1 cm³/mol. The number of hydrogen-bond acceptors (Lipinski definition) is 1. The molecule has 2 unspecified atom stereocenters. The molecule has 0 aliphatic rings. The average molecular weight is 170 g/mol. The summed E-state index contributed by atoms with van der Waals surface area (Å²) < 4.78 is 0. The van der Waals surface area contributed by atoms with Crippen LogP contribution in [0, 0.1) is 11.3 Å². The molecule has 0 aromatic carbocycles. The molecule has 0 aliphatic heterocycles. The summed E-state index contributed by atoms with van der Waals surface area (Å²) in [5, 5.41) is 9.27. The molecule has 0 aromatic rings. The van der Waals surface area contributed by atoms with Crippen molar-refractivity contribution < 1.29 is 5.11 Å². The van der Waals surface area contributed by atoms with E-state index in [1.54, 1.807) is 6.92 Å². The molecule has 0 amide bonds. The maximum atomic E-state index is 9.27. The van der Waals surface area contributed by atoms with Crippen molar-refractivity contribution in [2.75, 3.05) is 0 Å². The Kier molecular flexibility index (Phi) is 3.98. The van der Waals surface area contributed by atoms with Crippen LogP contribution in [-0.2, 0) is 0 Å². The van der Waals surface area contributed by atoms with Crippen LogP contribution in [0.1, 0.15) is 41.5 Å². The van der Waals surface area contributed by atoms with E-state index in [0.29, 0.717) is 5.92 Å². The molecule has 12 heavy (non-hydrogen) atoms. The average Bonchev–Trinajstić information content (AvgIpc) is 1.85. The van der Waals surface area contributed by atoms with E-state index in [2.05, 4.69) is 33.8 Å². The summed E-state index contributed by atoms with van der Waals surface area (Å²) in [6.45, 7) is 12.6. The predicted octanol–water partition coefficient (Wildman–Crippen LogP) is 3.00. The highest BCUT2D eigenvalue weighted by molar-refractivity contribution is 5.06. The fourth-order valence-electron chi connectivity index (χ4n) is 0.784. The van der Waals surface area contributed by atoms with E-state index in [1.165, 1.54) is 0 Å². The Bertz CT molecular complexity index is 160. The van der Waals surface area contributed by atoms with E-state index < -0.39 is 0 Å². The molecule has 0 radical (unpaired) electrons. The van der Waals surface area contributed by atoms with Crippen LogP contribution in [0.3, 0.4) is 0 Å². The third-order valence-electron chi connectivity index (χ3n) is 2.54. The molecule has 1 nitrogen and oxygen atoms in total. The molecule has 2 atom stereocenters. The molecule has 0 rings (SSSR count). The number of aliphatic hydroxyl groups is 1. The van der Waals surface area contributed by atoms with Crippen LogP contribution in [0.2, 0.25) is 0 Å². The van der Waals surface area contributed by atoms with Crippen LogP contribution < -0.4 is 0 Å². The summed E-state index contributed by atoms with van der Waals surface area (Å²) in [6, 6.07) is 0. The zero-order chi connectivity index (χ0) is 9.94. The maximum absolute atomic E-state index is 9.27. The number of aliphatic hydroxyl groups excluding tert-OH is 1. The summed E-state index contributed by atoms with van der Waals surface area (Å²) in [5.74, 6) is 0.507. The van der Waals surface area contributed by atoms with Gasteiger partial charge in [0.15, 0.2) is 0 Å². The maximum Gasteiger partial charge on any atom is 0.0719 e. The monoisotopic (exact) mass is 170 g/mol. The van der Waals surface area contributed by atoms with Gasteiger partial charge in [0.25, 0.3) is 0 Å². The minimum absolute atomic E-state index is 0.288. The Morgan fingerprint density at radius 1 is 1.25 bits per heavy atom. The molecule has 1 heteroatoms. The molecule has 0 aliphatic carbocycles. The lowest BCUT2D eigenvalue weighted by atomic mass is 9.81. The molecule has 0 spiro atoms. The molecule has 1 N–H and O–H groups in total. The summed E-state index contributed by atoms with van der Waals surface area (Å²) in [4.78, 5) is 0. The van der Waals surface area contributed by atoms with Gasteiger partial charge in [-0.1, -0.05) is 33.8 Å². The molecule has 0 saturated heterocycles. The third-order valence-corrected chi connectivity index (χ3v) is 2.54. The smallest absolute Gasteiger partial charge is 0.0719 e. The highest BCUT2D eigenvalue weighted by atomic mass is 16.3. The molecule has 0 heterocycles. The van der Waals surface area contributed by atoms with Crippen molar-refractivity contribution >= 4 is 0 Å². The zero-order valence-electron chi connectivity index (χ0n) is 9.18. The van der Waals surface area contributed by atoms with Gasteiger partial charge >= 0.3 is 0 Å². The van der Waals surface area contributed by atoms with Crippen molar-refractivity contribution in [3.05, 3.63) is 11.6 Å². The van der Waals surface area contributed by atoms with Gasteiger partial charge in [-0.15, -0.1) is 0 Å². The molecular weight excluding hydrogens is 148 g/mol. The van der Waals surface area contributed by atoms with Gasteiger partial charge in [-0.05, 0) is 30.8 Å². The van der Waals surface area contributed by atoms with Gasteiger partial charge in [-0.2, -0.15) is 0 Å². The quantitative estimate of drug-likeness (QED) is 0.632. The first kappa shape index (κ1) is 11.7. The van der Waals surface area contributed by atoms with Crippen LogP contribution in [-0.4, -0.2) is 11.2 Å². The van der Waals surface area contributed by atoms with E-state index >= 15 is 0 Å². The van der Waals surface area contributed by atoms with Crippen molar-refractivity contribution in [2.24, 2.45) is 11.3 Å². The summed E-state index contributed by atoms with van der Waals surface area (Å²) >= 11 is 0. The Hall–Kier alpha value is -0.300. The standard InChI is InChI=1S/C11H22O/c1-8(10(3)12)7-9(2)11(4,5)6/h7,9-10,12H,1-6H3/b8-7+. The van der Waals surface area contributed by atoms with E-state index in [1.807, 2.05) is 6.92 Å². The van der Waals surface area contributed by atoms with Crippen molar-refractivity contribution in [3.8, 4) is 0 Å². The Morgan fingerprint density at radius 2 is 1.67 bits per heavy atom. The van der Waals surface area contributed by atoms with Gasteiger partial charge in [0.05, 0.1) is 6.10 Å². The first-order valence-electron chi connectivity index (χ1n) is 4.61. The number of allylic oxidation sites excluding steroid dienone is 1. The van der Waals surface area contributed by atoms with Crippen molar-refractivity contribution in [1.29, 1.82) is 0 Å². The second-order valence-electron chi connectivity index (χ2n) is 4.74. The minimum atomic E-state index is -0.310.